The molecule has 0 unspecified atom stereocenters. The van der Waals surface area contributed by atoms with Crippen molar-refractivity contribution in [1.82, 2.24) is 10.7 Å². The number of rotatable bonds is 3. The van der Waals surface area contributed by atoms with Gasteiger partial charge in [0, 0.05) is 12.6 Å². The molecule has 0 spiro atoms. The molecule has 0 radical (unpaired) electrons. The zero-order chi connectivity index (χ0) is 12.0. The van der Waals surface area contributed by atoms with Crippen molar-refractivity contribution in [3.05, 3.63) is 35.4 Å². The maximum Gasteiger partial charge on any atom is 0.251 e. The van der Waals surface area contributed by atoms with E-state index in [-0.39, 0.29) is 11.0 Å². The van der Waals surface area contributed by atoms with Gasteiger partial charge in [-0.15, -0.1) is 0 Å². The quantitative estimate of drug-likeness (QED) is 0.398. The molecule has 0 atom stereocenters. The van der Waals surface area contributed by atoms with Gasteiger partial charge in [0.05, 0.1) is 6.21 Å². The lowest BCUT2D eigenvalue weighted by Crippen LogP contribution is -2.24. The first-order valence-electron chi connectivity index (χ1n) is 4.54. The third-order valence-electron chi connectivity index (χ3n) is 1.76. The van der Waals surface area contributed by atoms with Crippen molar-refractivity contribution in [2.75, 3.05) is 7.05 Å². The van der Waals surface area contributed by atoms with Crippen LogP contribution in [0, 0.1) is 0 Å². The predicted octanol–water partition coefficient (Wildman–Crippen LogP) is 0.213. The highest BCUT2D eigenvalue weighted by Crippen LogP contribution is 2.02. The molecule has 6 heteroatoms. The SMILES string of the molecule is CNC(=O)c1cccc(C=NNC(N)=S)c1. The highest BCUT2D eigenvalue weighted by molar-refractivity contribution is 7.80. The van der Waals surface area contributed by atoms with Gasteiger partial charge in [0.2, 0.25) is 0 Å². The number of benzene rings is 1. The molecule has 84 valence electrons. The third kappa shape index (κ3) is 3.66. The number of nitrogens with one attached hydrogen (secondary N) is 2. The van der Waals surface area contributed by atoms with Gasteiger partial charge in [0.15, 0.2) is 5.11 Å². The largest absolute Gasteiger partial charge is 0.375 e. The number of carbonyl (C=O) groups is 1. The van der Waals surface area contributed by atoms with Crippen LogP contribution < -0.4 is 16.5 Å². The molecule has 0 aliphatic rings. The Morgan fingerprint density at radius 1 is 1.56 bits per heavy atom. The monoisotopic (exact) mass is 236 g/mol. The Morgan fingerprint density at radius 2 is 2.31 bits per heavy atom. The minimum absolute atomic E-state index is 0.0960. The summed E-state index contributed by atoms with van der Waals surface area (Å²) in [7, 11) is 1.58. The molecule has 4 N–H and O–H groups in total. The molecule has 1 aromatic rings. The Morgan fingerprint density at radius 3 is 2.94 bits per heavy atom. The van der Waals surface area contributed by atoms with Crippen molar-refractivity contribution < 1.29 is 4.79 Å². The zero-order valence-corrected chi connectivity index (χ0v) is 9.54. The van der Waals surface area contributed by atoms with Gasteiger partial charge in [0.25, 0.3) is 5.91 Å². The summed E-state index contributed by atoms with van der Waals surface area (Å²) in [6.07, 6.45) is 1.53. The number of thiocarbonyl (C=S) groups is 1. The van der Waals surface area contributed by atoms with E-state index >= 15 is 0 Å². The van der Waals surface area contributed by atoms with E-state index < -0.39 is 0 Å². The second-order valence-corrected chi connectivity index (χ2v) is 3.38. The van der Waals surface area contributed by atoms with Crippen molar-refractivity contribution in [2.24, 2.45) is 10.8 Å². The van der Waals surface area contributed by atoms with Gasteiger partial charge in [0.1, 0.15) is 0 Å². The molecule has 0 saturated heterocycles. The predicted molar refractivity (Wildman–Crippen MR) is 67.3 cm³/mol. The number of hydrogen-bond acceptors (Lipinski definition) is 3. The fraction of sp³-hybridized carbons (Fsp3) is 0.100. The van der Waals surface area contributed by atoms with Gasteiger partial charge in [-0.05, 0) is 29.9 Å². The topological polar surface area (TPSA) is 79.5 Å². The molecule has 16 heavy (non-hydrogen) atoms. The summed E-state index contributed by atoms with van der Waals surface area (Å²) in [5, 5.41) is 6.43. The Bertz CT molecular complexity index is 431. The van der Waals surface area contributed by atoms with E-state index in [1.54, 1.807) is 25.2 Å². The van der Waals surface area contributed by atoms with Gasteiger partial charge >= 0.3 is 0 Å². The molecule has 1 aromatic carbocycles. The van der Waals surface area contributed by atoms with Gasteiger partial charge in [-0.1, -0.05) is 12.1 Å². The molecule has 0 bridgehead atoms. The van der Waals surface area contributed by atoms with Crippen LogP contribution in [0.5, 0.6) is 0 Å². The fourth-order valence-corrected chi connectivity index (χ4v) is 1.13. The van der Waals surface area contributed by atoms with Crippen LogP contribution >= 0.6 is 12.2 Å². The minimum Gasteiger partial charge on any atom is -0.375 e. The Hall–Kier alpha value is -1.95. The molecule has 0 aromatic heterocycles. The molecule has 0 saturated carbocycles. The molecule has 5 nitrogen and oxygen atoms in total. The smallest absolute Gasteiger partial charge is 0.251 e. The van der Waals surface area contributed by atoms with Crippen LogP contribution in [0.3, 0.4) is 0 Å². The molecule has 1 rings (SSSR count). The minimum atomic E-state index is -0.141. The maximum atomic E-state index is 11.3. The summed E-state index contributed by atoms with van der Waals surface area (Å²) >= 11 is 4.59. The molecular weight excluding hydrogens is 224 g/mol. The maximum absolute atomic E-state index is 11.3. The second-order valence-electron chi connectivity index (χ2n) is 2.94. The number of carbonyl (C=O) groups excluding carboxylic acids is 1. The van der Waals surface area contributed by atoms with E-state index in [0.29, 0.717) is 5.56 Å². The van der Waals surface area contributed by atoms with Crippen LogP contribution in [0.2, 0.25) is 0 Å². The molecular formula is C10H12N4OS. The number of amides is 1. The molecule has 0 aliphatic heterocycles. The summed E-state index contributed by atoms with van der Waals surface area (Å²) in [4.78, 5) is 11.3. The summed E-state index contributed by atoms with van der Waals surface area (Å²) in [6, 6.07) is 7.02. The van der Waals surface area contributed by atoms with E-state index in [1.807, 2.05) is 6.07 Å². The average molecular weight is 236 g/mol. The van der Waals surface area contributed by atoms with Crippen molar-refractivity contribution >= 4 is 29.5 Å². The van der Waals surface area contributed by atoms with Crippen LogP contribution in [0.15, 0.2) is 29.4 Å². The van der Waals surface area contributed by atoms with Crippen LogP contribution in [0.1, 0.15) is 15.9 Å². The van der Waals surface area contributed by atoms with Crippen LogP contribution in [0.4, 0.5) is 0 Å². The van der Waals surface area contributed by atoms with Crippen LogP contribution in [0.25, 0.3) is 0 Å². The van der Waals surface area contributed by atoms with Crippen molar-refractivity contribution in [2.45, 2.75) is 0 Å². The van der Waals surface area contributed by atoms with Crippen LogP contribution in [-0.2, 0) is 0 Å². The highest BCUT2D eigenvalue weighted by atomic mass is 32.1. The first-order chi connectivity index (χ1) is 7.63. The lowest BCUT2D eigenvalue weighted by molar-refractivity contribution is 0.0963. The van der Waals surface area contributed by atoms with E-state index in [4.69, 9.17) is 5.73 Å². The first-order valence-corrected chi connectivity index (χ1v) is 4.95. The Kier molecular flexibility index (Phi) is 4.41. The third-order valence-corrected chi connectivity index (χ3v) is 1.86. The Labute approximate surface area is 98.7 Å². The van der Waals surface area contributed by atoms with Crippen molar-refractivity contribution in [1.29, 1.82) is 0 Å². The number of hydrazone groups is 1. The highest BCUT2D eigenvalue weighted by Gasteiger charge is 2.01. The van der Waals surface area contributed by atoms with Crippen molar-refractivity contribution in [3.63, 3.8) is 0 Å². The number of nitrogens with two attached hydrogens (primary N) is 1. The Balaban J connectivity index is 2.78. The van der Waals surface area contributed by atoms with Gasteiger partial charge in [-0.25, -0.2) is 0 Å². The first kappa shape index (κ1) is 12.1. The number of nitrogens with zero attached hydrogens (tertiary/aromatic N) is 1. The second kappa shape index (κ2) is 5.82. The lowest BCUT2D eigenvalue weighted by atomic mass is 10.1. The summed E-state index contributed by atoms with van der Waals surface area (Å²) in [5.41, 5.74) is 8.99. The standard InChI is InChI=1S/C10H12N4OS/c1-12-9(15)8-4-2-3-7(5-8)6-13-14-10(11)16/h2-6H,1H3,(H,12,15)(H3,11,14,16). The van der Waals surface area contributed by atoms with Gasteiger partial charge < -0.3 is 11.1 Å². The van der Waals surface area contributed by atoms with Gasteiger partial charge in [-0.3, -0.25) is 10.2 Å². The van der Waals surface area contributed by atoms with Crippen molar-refractivity contribution in [3.8, 4) is 0 Å². The lowest BCUT2D eigenvalue weighted by Gasteiger charge is -2.00. The summed E-state index contributed by atoms with van der Waals surface area (Å²) in [6.45, 7) is 0. The molecule has 1 amide bonds. The summed E-state index contributed by atoms with van der Waals surface area (Å²) < 4.78 is 0. The summed E-state index contributed by atoms with van der Waals surface area (Å²) in [5.74, 6) is -0.141. The molecule has 0 fully saturated rings. The van der Waals surface area contributed by atoms with E-state index in [2.05, 4.69) is 28.1 Å². The van der Waals surface area contributed by atoms with E-state index in [0.717, 1.165) is 5.56 Å². The number of hydrogen-bond donors (Lipinski definition) is 3. The fourth-order valence-electron chi connectivity index (χ4n) is 1.07. The zero-order valence-electron chi connectivity index (χ0n) is 8.73. The average Bonchev–Trinajstić information content (AvgIpc) is 2.28. The normalized spacial score (nSPS) is 10.1. The molecule has 0 heterocycles. The van der Waals surface area contributed by atoms with E-state index in [9.17, 15) is 4.79 Å². The van der Waals surface area contributed by atoms with Gasteiger partial charge in [-0.2, -0.15) is 5.10 Å². The van der Waals surface area contributed by atoms with E-state index in [1.165, 1.54) is 6.21 Å². The molecule has 0 aliphatic carbocycles. The van der Waals surface area contributed by atoms with Crippen LogP contribution in [-0.4, -0.2) is 24.3 Å².